The van der Waals surface area contributed by atoms with Gasteiger partial charge in [-0.3, -0.25) is 0 Å². The number of fused-ring (bicyclic) bond motifs is 1. The molecule has 3 N–H and O–H groups in total. The fourth-order valence-corrected chi connectivity index (χ4v) is 7.03. The number of thiophene rings is 1. The lowest BCUT2D eigenvalue weighted by molar-refractivity contribution is 0.0702. The van der Waals surface area contributed by atoms with E-state index >= 15 is 0 Å². The second kappa shape index (κ2) is 10.0. The second-order valence-electron chi connectivity index (χ2n) is 10.9. The van der Waals surface area contributed by atoms with Crippen molar-refractivity contribution in [2.24, 2.45) is 11.8 Å². The van der Waals surface area contributed by atoms with Gasteiger partial charge in [0.25, 0.3) is 0 Å². The average molecular weight is 528 g/mol. The van der Waals surface area contributed by atoms with Crippen LogP contribution in [0, 0.1) is 11.8 Å². The Morgan fingerprint density at radius 3 is 2.53 bits per heavy atom. The first-order valence-electron chi connectivity index (χ1n) is 13.4. The van der Waals surface area contributed by atoms with E-state index in [0.29, 0.717) is 22.3 Å². The molecule has 6 rings (SSSR count). The van der Waals surface area contributed by atoms with E-state index in [-0.39, 0.29) is 0 Å². The highest BCUT2D eigenvalue weighted by Crippen LogP contribution is 2.43. The summed E-state index contributed by atoms with van der Waals surface area (Å²) in [5.41, 5.74) is 13.2. The number of carboxylic acid groups (broad SMARTS) is 1. The Morgan fingerprint density at radius 1 is 1.08 bits per heavy atom. The highest BCUT2D eigenvalue weighted by atomic mass is 32.1. The van der Waals surface area contributed by atoms with Crippen LogP contribution in [0.1, 0.15) is 54.3 Å². The third-order valence-corrected chi connectivity index (χ3v) is 9.36. The number of anilines is 1. The Labute approximate surface area is 226 Å². The van der Waals surface area contributed by atoms with Gasteiger partial charge in [0.1, 0.15) is 10.7 Å². The molecule has 0 saturated heterocycles. The van der Waals surface area contributed by atoms with Crippen molar-refractivity contribution in [2.75, 3.05) is 25.9 Å². The van der Waals surface area contributed by atoms with Gasteiger partial charge in [0.15, 0.2) is 5.65 Å². The Bertz CT molecular complexity index is 1530. The number of likely N-dealkylation sites (N-methyl/N-ethyl adjacent to an activating group) is 1. The van der Waals surface area contributed by atoms with Crippen molar-refractivity contribution < 1.29 is 9.90 Å². The van der Waals surface area contributed by atoms with Crippen molar-refractivity contribution in [2.45, 2.75) is 39.0 Å². The minimum Gasteiger partial charge on any atom is -0.477 e. The molecule has 1 aromatic carbocycles. The molecule has 7 nitrogen and oxygen atoms in total. The third-order valence-electron chi connectivity index (χ3n) is 8.18. The first kappa shape index (κ1) is 24.8. The molecule has 0 unspecified atom stereocenters. The van der Waals surface area contributed by atoms with Gasteiger partial charge in [-0.15, -0.1) is 11.3 Å². The van der Waals surface area contributed by atoms with Crippen molar-refractivity contribution in [3.05, 3.63) is 64.7 Å². The van der Waals surface area contributed by atoms with Gasteiger partial charge in [-0.25, -0.2) is 9.78 Å². The van der Waals surface area contributed by atoms with Crippen molar-refractivity contribution in [3.8, 4) is 21.7 Å². The first-order valence-corrected chi connectivity index (χ1v) is 14.2. The van der Waals surface area contributed by atoms with Gasteiger partial charge in [-0.2, -0.15) is 9.61 Å². The summed E-state index contributed by atoms with van der Waals surface area (Å²) in [4.78, 5) is 20.5. The second-order valence-corrected chi connectivity index (χ2v) is 11.9. The van der Waals surface area contributed by atoms with E-state index in [2.05, 4.69) is 35.0 Å². The third kappa shape index (κ3) is 4.63. The maximum absolute atomic E-state index is 12.4. The van der Waals surface area contributed by atoms with Gasteiger partial charge in [0.05, 0.1) is 5.69 Å². The van der Waals surface area contributed by atoms with Crippen LogP contribution in [0.3, 0.4) is 0 Å². The van der Waals surface area contributed by atoms with Crippen LogP contribution in [0.2, 0.25) is 0 Å². The standard InChI is InChI=1S/C30H33N5O2S/c1-18-3-5-19(6-4-18)24-17-34(2)14-12-22(24)23-15-26(38-29(23)30(36)37)21-9-7-20(8-10-21)25-16-28-32-13-11-27(31)35(28)33-25/h7-11,13,15-16,18-19H,3-6,12,14,17,31H2,1-2H3,(H,36,37). The molecule has 1 aliphatic heterocycles. The quantitative estimate of drug-likeness (QED) is 0.315. The molecule has 0 atom stereocenters. The zero-order valence-electron chi connectivity index (χ0n) is 21.9. The lowest BCUT2D eigenvalue weighted by atomic mass is 9.75. The Morgan fingerprint density at radius 2 is 1.82 bits per heavy atom. The zero-order chi connectivity index (χ0) is 26.4. The Balaban J connectivity index is 1.36. The summed E-state index contributed by atoms with van der Waals surface area (Å²) in [6.45, 7) is 4.24. The summed E-state index contributed by atoms with van der Waals surface area (Å²) < 4.78 is 1.63. The molecule has 2 aliphatic rings. The molecule has 196 valence electrons. The van der Waals surface area contributed by atoms with E-state index in [4.69, 9.17) is 5.73 Å². The number of rotatable bonds is 5. The van der Waals surface area contributed by atoms with Crippen LogP contribution in [0.4, 0.5) is 5.82 Å². The van der Waals surface area contributed by atoms with E-state index < -0.39 is 5.97 Å². The lowest BCUT2D eigenvalue weighted by Gasteiger charge is -2.35. The van der Waals surface area contributed by atoms with Gasteiger partial charge >= 0.3 is 5.97 Å². The number of benzene rings is 1. The van der Waals surface area contributed by atoms with Crippen LogP contribution in [-0.2, 0) is 0 Å². The normalized spacial score (nSPS) is 20.8. The van der Waals surface area contributed by atoms with Crippen LogP contribution in [0.5, 0.6) is 0 Å². The van der Waals surface area contributed by atoms with Crippen LogP contribution in [-0.4, -0.2) is 50.7 Å². The number of carbonyl (C=O) groups is 1. The molecular weight excluding hydrogens is 494 g/mol. The summed E-state index contributed by atoms with van der Waals surface area (Å²) >= 11 is 1.38. The predicted octanol–water partition coefficient (Wildman–Crippen LogP) is 6.32. The van der Waals surface area contributed by atoms with Crippen molar-refractivity contribution in [3.63, 3.8) is 0 Å². The van der Waals surface area contributed by atoms with Crippen molar-refractivity contribution >= 4 is 34.3 Å². The van der Waals surface area contributed by atoms with E-state index in [9.17, 15) is 9.90 Å². The van der Waals surface area contributed by atoms with Crippen molar-refractivity contribution in [1.82, 2.24) is 19.5 Å². The van der Waals surface area contributed by atoms with Crippen LogP contribution < -0.4 is 5.73 Å². The highest BCUT2D eigenvalue weighted by molar-refractivity contribution is 7.17. The molecule has 4 heterocycles. The van der Waals surface area contributed by atoms with Crippen LogP contribution in [0.25, 0.3) is 32.9 Å². The summed E-state index contributed by atoms with van der Waals surface area (Å²) in [6, 6.07) is 13.9. The molecule has 0 radical (unpaired) electrons. The first-order chi connectivity index (χ1) is 18.4. The maximum Gasteiger partial charge on any atom is 0.346 e. The topological polar surface area (TPSA) is 96.8 Å². The average Bonchev–Trinajstić information content (AvgIpc) is 3.55. The molecule has 0 amide bonds. The smallest absolute Gasteiger partial charge is 0.346 e. The highest BCUT2D eigenvalue weighted by Gasteiger charge is 2.30. The van der Waals surface area contributed by atoms with Crippen molar-refractivity contribution in [1.29, 1.82) is 0 Å². The largest absolute Gasteiger partial charge is 0.477 e. The summed E-state index contributed by atoms with van der Waals surface area (Å²) in [5, 5.41) is 14.8. The van der Waals surface area contributed by atoms with E-state index in [1.807, 2.05) is 30.3 Å². The molecular formula is C30H33N5O2S. The number of nitrogen functional groups attached to an aromatic ring is 1. The molecule has 38 heavy (non-hydrogen) atoms. The predicted molar refractivity (Wildman–Crippen MR) is 153 cm³/mol. The lowest BCUT2D eigenvalue weighted by Crippen LogP contribution is -2.31. The van der Waals surface area contributed by atoms with Gasteiger partial charge in [0, 0.05) is 41.4 Å². The van der Waals surface area contributed by atoms with Gasteiger partial charge in [0.2, 0.25) is 0 Å². The molecule has 8 heteroatoms. The van der Waals surface area contributed by atoms with Gasteiger partial charge in [-0.05, 0) is 67.0 Å². The molecule has 3 aromatic heterocycles. The van der Waals surface area contributed by atoms with Gasteiger partial charge in [-0.1, -0.05) is 44.0 Å². The minimum absolute atomic E-state index is 0.451. The van der Waals surface area contributed by atoms with E-state index in [1.54, 1.807) is 16.8 Å². The molecule has 1 aliphatic carbocycles. The fraction of sp³-hybridized carbons (Fsp3) is 0.367. The number of carboxylic acids is 1. The number of aromatic nitrogens is 3. The van der Waals surface area contributed by atoms with Gasteiger partial charge < -0.3 is 15.7 Å². The minimum atomic E-state index is -0.842. The number of nitrogens with two attached hydrogens (primary N) is 1. The zero-order valence-corrected chi connectivity index (χ0v) is 22.7. The van der Waals surface area contributed by atoms with Crippen LogP contribution >= 0.6 is 11.3 Å². The SMILES string of the molecule is CC1CCC(C2=C(c3cc(-c4ccc(-c5cc6nccc(N)n6n5)cc4)sc3C(=O)O)CCN(C)C2)CC1. The molecule has 1 fully saturated rings. The summed E-state index contributed by atoms with van der Waals surface area (Å²) in [5.74, 6) is 1.04. The summed E-state index contributed by atoms with van der Waals surface area (Å²) in [7, 11) is 2.18. The fourth-order valence-electron chi connectivity index (χ4n) is 6.00. The number of nitrogens with zero attached hydrogens (tertiary/aromatic N) is 4. The maximum atomic E-state index is 12.4. The number of aromatic carboxylic acids is 1. The molecule has 4 aromatic rings. The van der Waals surface area contributed by atoms with E-state index in [1.165, 1.54) is 48.2 Å². The van der Waals surface area contributed by atoms with Crippen LogP contribution in [0.15, 0.2) is 54.2 Å². The summed E-state index contributed by atoms with van der Waals surface area (Å²) in [6.07, 6.45) is 7.50. The Kier molecular flexibility index (Phi) is 6.53. The molecule has 1 saturated carbocycles. The number of hydrogen-bond acceptors (Lipinski definition) is 6. The number of hydrogen-bond donors (Lipinski definition) is 2. The molecule has 0 spiro atoms. The molecule has 0 bridgehead atoms. The Hall–Kier alpha value is -3.49. The monoisotopic (exact) mass is 527 g/mol. The van der Waals surface area contributed by atoms with E-state index in [0.717, 1.165) is 52.7 Å².